The molecule has 4 heavy (non-hydrogen) atoms. The van der Waals surface area contributed by atoms with Crippen molar-refractivity contribution in [3.05, 3.63) is 0 Å². The summed E-state index contributed by atoms with van der Waals surface area (Å²) >= 11 is 0. The molecule has 0 rings (SSSR count). The first-order valence-electron chi connectivity index (χ1n) is 0.258. The minimum atomic E-state index is 0. The number of hydrogen-bond donors (Lipinski definition) is 2. The molecule has 0 aliphatic carbocycles. The molecular weight excluding hydrogens is 77.0 g/mol. The summed E-state index contributed by atoms with van der Waals surface area (Å²) in [6.07, 6.45) is 0. The SMILES string of the molecule is N.O.OP. The first-order valence-corrected chi connectivity index (χ1v) is 0.775. The molecule has 0 radical (unpaired) electrons. The van der Waals surface area contributed by atoms with Gasteiger partial charge in [-0.25, -0.2) is 0 Å². The van der Waals surface area contributed by atoms with Crippen LogP contribution in [0.5, 0.6) is 0 Å². The summed E-state index contributed by atoms with van der Waals surface area (Å²) in [7, 11) is 1.42. The highest BCUT2D eigenvalue weighted by Crippen LogP contribution is 1.44. The topological polar surface area (TPSA) is 86.7 Å². The Hall–Kier alpha value is 0.310. The molecular formula is H8NO2P. The molecule has 0 saturated carbocycles. The second kappa shape index (κ2) is 184. The van der Waals surface area contributed by atoms with Crippen LogP contribution in [0.4, 0.5) is 0 Å². The zero-order valence-corrected chi connectivity index (χ0v) is 3.39. The van der Waals surface area contributed by atoms with Crippen molar-refractivity contribution in [3.8, 4) is 0 Å². The van der Waals surface area contributed by atoms with E-state index < -0.39 is 0 Å². The smallest absolute Gasteiger partial charge is 0.00391 e. The van der Waals surface area contributed by atoms with E-state index in [4.69, 9.17) is 4.89 Å². The van der Waals surface area contributed by atoms with Gasteiger partial charge in [0.25, 0.3) is 0 Å². The van der Waals surface area contributed by atoms with Crippen LogP contribution in [0, 0.1) is 0 Å². The predicted octanol–water partition coefficient (Wildman–Crippen LogP) is -0.894. The van der Waals surface area contributed by atoms with Crippen molar-refractivity contribution >= 4 is 9.47 Å². The molecule has 0 heterocycles. The quantitative estimate of drug-likeness (QED) is 0.373. The molecule has 0 aliphatic heterocycles. The maximum absolute atomic E-state index is 6.92. The summed E-state index contributed by atoms with van der Waals surface area (Å²) in [6.45, 7) is 0. The van der Waals surface area contributed by atoms with Gasteiger partial charge in [-0.15, -0.1) is 0 Å². The van der Waals surface area contributed by atoms with E-state index >= 15 is 0 Å². The lowest BCUT2D eigenvalue weighted by atomic mass is 14.0. The molecule has 0 aliphatic rings. The van der Waals surface area contributed by atoms with E-state index in [2.05, 4.69) is 0 Å². The Morgan fingerprint density at radius 2 is 1.25 bits per heavy atom. The van der Waals surface area contributed by atoms with Gasteiger partial charge >= 0.3 is 0 Å². The molecule has 0 spiro atoms. The number of hydrogen-bond acceptors (Lipinski definition) is 2. The number of rotatable bonds is 0. The van der Waals surface area contributed by atoms with Gasteiger partial charge in [0.1, 0.15) is 0 Å². The second-order valence-corrected chi connectivity index (χ2v) is 0. The van der Waals surface area contributed by atoms with Crippen molar-refractivity contribution in [2.24, 2.45) is 0 Å². The first-order chi connectivity index (χ1) is 1.00. The average Bonchev–Trinajstić information content (AvgIpc) is 1.00. The molecule has 4 heteroatoms. The minimum absolute atomic E-state index is 0. The first kappa shape index (κ1) is 27.5. The predicted molar refractivity (Wildman–Crippen MR) is 20.6 cm³/mol. The third kappa shape index (κ3) is 41.3. The minimum Gasteiger partial charge on any atom is -0.412 e. The largest absolute Gasteiger partial charge is 0.412 e. The molecule has 0 bridgehead atoms. The van der Waals surface area contributed by atoms with Gasteiger partial charge < -0.3 is 16.5 Å². The van der Waals surface area contributed by atoms with Crippen molar-refractivity contribution in [3.63, 3.8) is 0 Å². The maximum Gasteiger partial charge on any atom is -0.00391 e. The van der Waals surface area contributed by atoms with Crippen LogP contribution in [0.3, 0.4) is 0 Å². The Morgan fingerprint density at radius 3 is 1.25 bits per heavy atom. The molecule has 6 N–H and O–H groups in total. The summed E-state index contributed by atoms with van der Waals surface area (Å²) < 4.78 is 0. The third-order valence-corrected chi connectivity index (χ3v) is 0. The van der Waals surface area contributed by atoms with Gasteiger partial charge in [-0.3, -0.25) is 0 Å². The summed E-state index contributed by atoms with van der Waals surface area (Å²) in [5, 5.41) is 0. The van der Waals surface area contributed by atoms with Crippen LogP contribution >= 0.6 is 9.47 Å². The molecule has 0 saturated heterocycles. The van der Waals surface area contributed by atoms with Crippen LogP contribution < -0.4 is 6.15 Å². The van der Waals surface area contributed by atoms with E-state index in [0.717, 1.165) is 0 Å². The van der Waals surface area contributed by atoms with E-state index in [1.807, 2.05) is 0 Å². The fourth-order valence-electron chi connectivity index (χ4n) is 0. The fraction of sp³-hybridized carbons (Fsp3) is 0. The van der Waals surface area contributed by atoms with Gasteiger partial charge in [-0.2, -0.15) is 0 Å². The van der Waals surface area contributed by atoms with E-state index in [1.54, 1.807) is 0 Å². The highest BCUT2D eigenvalue weighted by molar-refractivity contribution is 7.08. The molecule has 30 valence electrons. The molecule has 0 aromatic carbocycles. The average molecular weight is 85.0 g/mol. The zero-order chi connectivity index (χ0) is 2.00. The van der Waals surface area contributed by atoms with Crippen molar-refractivity contribution < 1.29 is 10.4 Å². The van der Waals surface area contributed by atoms with Gasteiger partial charge in [-0.1, -0.05) is 0 Å². The molecule has 0 amide bonds. The Kier molecular flexibility index (Phi) is 1260. The lowest BCUT2D eigenvalue weighted by molar-refractivity contribution is 0.664. The van der Waals surface area contributed by atoms with Gasteiger partial charge in [0.2, 0.25) is 0 Å². The van der Waals surface area contributed by atoms with E-state index in [0.29, 0.717) is 0 Å². The zero-order valence-electron chi connectivity index (χ0n) is 2.23. The molecule has 0 aromatic rings. The summed E-state index contributed by atoms with van der Waals surface area (Å²) in [6, 6.07) is 0. The van der Waals surface area contributed by atoms with Gasteiger partial charge in [0.05, 0.1) is 0 Å². The van der Waals surface area contributed by atoms with Crippen molar-refractivity contribution in [2.75, 3.05) is 0 Å². The molecule has 1 unspecified atom stereocenters. The van der Waals surface area contributed by atoms with Crippen LogP contribution in [0.15, 0.2) is 0 Å². The van der Waals surface area contributed by atoms with Gasteiger partial charge in [0, 0.05) is 0 Å². The molecule has 1 atom stereocenters. The van der Waals surface area contributed by atoms with Crippen LogP contribution in [0.2, 0.25) is 0 Å². The van der Waals surface area contributed by atoms with Crippen LogP contribution in [-0.4, -0.2) is 10.4 Å². The fourth-order valence-corrected chi connectivity index (χ4v) is 0. The molecule has 3 nitrogen and oxygen atoms in total. The second-order valence-electron chi connectivity index (χ2n) is 0. The molecule has 0 aromatic heterocycles. The Bertz CT molecular complexity index is 6.00. The van der Waals surface area contributed by atoms with Crippen molar-refractivity contribution in [2.45, 2.75) is 0 Å². The summed E-state index contributed by atoms with van der Waals surface area (Å²) in [5.41, 5.74) is 0. The Labute approximate surface area is 27.2 Å². The standard InChI is InChI=1S/H3N.H3OP.H2O/c;1-2;/h1H3;1H,2H2;1H2. The van der Waals surface area contributed by atoms with E-state index in [1.165, 1.54) is 9.47 Å². The summed E-state index contributed by atoms with van der Waals surface area (Å²) in [4.78, 5) is 6.92. The normalized spacial score (nSPS) is 1.50. The van der Waals surface area contributed by atoms with Crippen LogP contribution in [0.25, 0.3) is 0 Å². The Balaban J connectivity index is -0.00000000500. The molecule has 0 fully saturated rings. The van der Waals surface area contributed by atoms with Gasteiger partial charge in [-0.05, 0) is 9.47 Å². The van der Waals surface area contributed by atoms with Crippen molar-refractivity contribution in [1.29, 1.82) is 0 Å². The van der Waals surface area contributed by atoms with Gasteiger partial charge in [0.15, 0.2) is 0 Å². The van der Waals surface area contributed by atoms with Crippen molar-refractivity contribution in [1.82, 2.24) is 6.15 Å². The maximum atomic E-state index is 6.92. The Morgan fingerprint density at radius 1 is 1.25 bits per heavy atom. The van der Waals surface area contributed by atoms with E-state index in [9.17, 15) is 0 Å². The highest BCUT2D eigenvalue weighted by atomic mass is 31.0. The highest BCUT2D eigenvalue weighted by Gasteiger charge is 0.825. The monoisotopic (exact) mass is 85.0 g/mol. The van der Waals surface area contributed by atoms with E-state index in [-0.39, 0.29) is 11.6 Å². The summed E-state index contributed by atoms with van der Waals surface area (Å²) in [5.74, 6) is 0. The third-order valence-electron chi connectivity index (χ3n) is 0. The van der Waals surface area contributed by atoms with Crippen LogP contribution in [-0.2, 0) is 0 Å². The lowest BCUT2D eigenvalue weighted by Gasteiger charge is -1.21. The lowest BCUT2D eigenvalue weighted by Crippen LogP contribution is -0.868. The van der Waals surface area contributed by atoms with Crippen LogP contribution in [0.1, 0.15) is 0 Å².